The van der Waals surface area contributed by atoms with E-state index >= 15 is 0 Å². The van der Waals surface area contributed by atoms with Crippen molar-refractivity contribution in [3.8, 4) is 0 Å². The fourth-order valence-corrected chi connectivity index (χ4v) is 2.06. The molecular weight excluding hydrogens is 250 g/mol. The van der Waals surface area contributed by atoms with Gasteiger partial charge in [-0.25, -0.2) is 0 Å². The summed E-state index contributed by atoms with van der Waals surface area (Å²) in [6, 6.07) is 7.41. The Morgan fingerprint density at radius 3 is 2.56 bits per heavy atom. The highest BCUT2D eigenvalue weighted by atomic mass is 35.5. The van der Waals surface area contributed by atoms with E-state index < -0.39 is 0 Å². The van der Waals surface area contributed by atoms with Gasteiger partial charge in [0.15, 0.2) is 5.78 Å². The van der Waals surface area contributed by atoms with Crippen molar-refractivity contribution in [2.45, 2.75) is 26.3 Å². The molecule has 0 aromatic heterocycles. The average Bonchev–Trinajstić information content (AvgIpc) is 2.34. The van der Waals surface area contributed by atoms with Gasteiger partial charge in [0.1, 0.15) is 0 Å². The summed E-state index contributed by atoms with van der Waals surface area (Å²) in [6.07, 6.45) is 0.419. The predicted molar refractivity (Wildman–Crippen MR) is 74.2 cm³/mol. The Morgan fingerprint density at radius 2 is 2.00 bits per heavy atom. The maximum Gasteiger partial charge on any atom is 0.165 e. The van der Waals surface area contributed by atoms with Crippen LogP contribution in [-0.4, -0.2) is 41.5 Å². The lowest BCUT2D eigenvalue weighted by molar-refractivity contribution is 0.0944. The van der Waals surface area contributed by atoms with Crippen molar-refractivity contribution in [1.29, 1.82) is 0 Å². The average molecular weight is 270 g/mol. The van der Waals surface area contributed by atoms with E-state index in [0.717, 1.165) is 0 Å². The smallest absolute Gasteiger partial charge is 0.165 e. The molecule has 0 bridgehead atoms. The van der Waals surface area contributed by atoms with E-state index in [2.05, 4.69) is 18.7 Å². The molecule has 0 aliphatic carbocycles. The first-order valence-corrected chi connectivity index (χ1v) is 6.56. The highest BCUT2D eigenvalue weighted by Gasteiger charge is 2.13. The van der Waals surface area contributed by atoms with Crippen LogP contribution in [0.1, 0.15) is 30.6 Å². The third kappa shape index (κ3) is 4.41. The molecule has 0 heterocycles. The minimum absolute atomic E-state index is 0.0455. The number of hydrogen-bond donors (Lipinski definition) is 1. The molecule has 1 rings (SSSR count). The van der Waals surface area contributed by atoms with Gasteiger partial charge in [0.2, 0.25) is 0 Å². The summed E-state index contributed by atoms with van der Waals surface area (Å²) in [7, 11) is 0. The largest absolute Gasteiger partial charge is 0.395 e. The summed E-state index contributed by atoms with van der Waals surface area (Å²) in [5.74, 6) is 0.0455. The van der Waals surface area contributed by atoms with Gasteiger partial charge in [0, 0.05) is 31.1 Å². The van der Waals surface area contributed by atoms with E-state index in [1.165, 1.54) is 0 Å². The van der Waals surface area contributed by atoms with Gasteiger partial charge in [0.25, 0.3) is 0 Å². The van der Waals surface area contributed by atoms with Gasteiger partial charge in [-0.15, -0.1) is 0 Å². The lowest BCUT2D eigenvalue weighted by Crippen LogP contribution is -2.35. The van der Waals surface area contributed by atoms with E-state index in [-0.39, 0.29) is 12.4 Å². The summed E-state index contributed by atoms with van der Waals surface area (Å²) in [6.45, 7) is 5.44. The molecule has 0 unspecified atom stereocenters. The molecule has 0 saturated heterocycles. The Hall–Kier alpha value is -0.900. The first-order chi connectivity index (χ1) is 8.56. The zero-order chi connectivity index (χ0) is 13.5. The molecule has 0 saturated carbocycles. The molecule has 0 radical (unpaired) electrons. The third-order valence-corrected chi connectivity index (χ3v) is 3.25. The zero-order valence-corrected chi connectivity index (χ0v) is 11.7. The van der Waals surface area contributed by atoms with Crippen LogP contribution >= 0.6 is 11.6 Å². The topological polar surface area (TPSA) is 40.5 Å². The van der Waals surface area contributed by atoms with Gasteiger partial charge in [-0.05, 0) is 26.0 Å². The Labute approximate surface area is 113 Å². The highest BCUT2D eigenvalue weighted by Crippen LogP contribution is 2.17. The lowest BCUT2D eigenvalue weighted by atomic mass is 10.1. The molecule has 0 fully saturated rings. The van der Waals surface area contributed by atoms with Crippen molar-refractivity contribution in [2.24, 2.45) is 0 Å². The van der Waals surface area contributed by atoms with E-state index in [1.807, 2.05) is 12.1 Å². The summed E-state index contributed by atoms with van der Waals surface area (Å²) in [5.41, 5.74) is 0.576. The molecule has 3 nitrogen and oxygen atoms in total. The van der Waals surface area contributed by atoms with Crippen LogP contribution in [0, 0.1) is 0 Å². The van der Waals surface area contributed by atoms with E-state index in [9.17, 15) is 4.79 Å². The number of benzene rings is 1. The second-order valence-electron chi connectivity index (χ2n) is 4.51. The predicted octanol–water partition coefficient (Wildman–Crippen LogP) is 2.62. The quantitative estimate of drug-likeness (QED) is 0.774. The molecule has 4 heteroatoms. The van der Waals surface area contributed by atoms with Crippen LogP contribution in [0.15, 0.2) is 24.3 Å². The Balaban J connectivity index is 2.58. The van der Waals surface area contributed by atoms with E-state index in [0.29, 0.717) is 36.1 Å². The fourth-order valence-electron chi connectivity index (χ4n) is 1.82. The van der Waals surface area contributed by atoms with Crippen LogP contribution in [0.2, 0.25) is 5.02 Å². The number of carbonyl (C=O) groups is 1. The first-order valence-electron chi connectivity index (χ1n) is 6.19. The molecule has 100 valence electrons. The number of ketones is 1. The number of halogens is 1. The van der Waals surface area contributed by atoms with Crippen LogP contribution in [0.3, 0.4) is 0 Å². The number of hydrogen-bond acceptors (Lipinski definition) is 3. The van der Waals surface area contributed by atoms with Crippen molar-refractivity contribution < 1.29 is 9.90 Å². The number of Topliss-reactive ketones (excluding diaryl/α,β-unsaturated/α-hetero) is 1. The van der Waals surface area contributed by atoms with Gasteiger partial charge >= 0.3 is 0 Å². The third-order valence-electron chi connectivity index (χ3n) is 2.92. The molecule has 18 heavy (non-hydrogen) atoms. The lowest BCUT2D eigenvalue weighted by Gasteiger charge is -2.25. The minimum atomic E-state index is 0.0455. The van der Waals surface area contributed by atoms with Crippen LogP contribution < -0.4 is 0 Å². The molecule has 0 aliphatic rings. The van der Waals surface area contributed by atoms with Crippen molar-refractivity contribution in [1.82, 2.24) is 4.90 Å². The minimum Gasteiger partial charge on any atom is -0.395 e. The maximum atomic E-state index is 12.0. The molecule has 0 spiro atoms. The molecule has 0 aliphatic heterocycles. The van der Waals surface area contributed by atoms with Crippen molar-refractivity contribution in [3.05, 3.63) is 34.9 Å². The summed E-state index contributed by atoms with van der Waals surface area (Å²) < 4.78 is 0. The summed E-state index contributed by atoms with van der Waals surface area (Å²) in [5, 5.41) is 9.46. The normalized spacial score (nSPS) is 11.2. The highest BCUT2D eigenvalue weighted by molar-refractivity contribution is 6.33. The van der Waals surface area contributed by atoms with Crippen LogP contribution in [0.5, 0.6) is 0 Å². The fraction of sp³-hybridized carbons (Fsp3) is 0.500. The van der Waals surface area contributed by atoms with Gasteiger partial charge in [-0.3, -0.25) is 9.69 Å². The van der Waals surface area contributed by atoms with E-state index in [4.69, 9.17) is 16.7 Å². The second-order valence-corrected chi connectivity index (χ2v) is 4.91. The first kappa shape index (κ1) is 15.2. The van der Waals surface area contributed by atoms with Crippen LogP contribution in [-0.2, 0) is 0 Å². The van der Waals surface area contributed by atoms with Crippen molar-refractivity contribution >= 4 is 17.4 Å². The molecule has 0 atom stereocenters. The number of nitrogens with zero attached hydrogens (tertiary/aromatic N) is 1. The monoisotopic (exact) mass is 269 g/mol. The SMILES string of the molecule is CC(C)N(CCO)CCC(=O)c1ccccc1Cl. The Morgan fingerprint density at radius 1 is 1.33 bits per heavy atom. The number of aliphatic hydroxyl groups excluding tert-OH is 1. The van der Waals surface area contributed by atoms with Crippen LogP contribution in [0.25, 0.3) is 0 Å². The summed E-state index contributed by atoms with van der Waals surface area (Å²) in [4.78, 5) is 14.1. The van der Waals surface area contributed by atoms with E-state index in [1.54, 1.807) is 12.1 Å². The molecule has 1 aromatic carbocycles. The number of aliphatic hydroxyl groups is 1. The Bertz CT molecular complexity index is 393. The molecule has 0 amide bonds. The van der Waals surface area contributed by atoms with Gasteiger partial charge in [-0.1, -0.05) is 23.7 Å². The zero-order valence-electron chi connectivity index (χ0n) is 10.9. The maximum absolute atomic E-state index is 12.0. The second kappa shape index (κ2) is 7.52. The van der Waals surface area contributed by atoms with Crippen molar-refractivity contribution in [2.75, 3.05) is 19.7 Å². The summed E-state index contributed by atoms with van der Waals surface area (Å²) >= 11 is 5.98. The standard InChI is InChI=1S/C14H20ClNO2/c1-11(2)16(9-10-17)8-7-14(18)12-5-3-4-6-13(12)15/h3-6,11,17H,7-10H2,1-2H3. The molecule has 1 aromatic rings. The van der Waals surface area contributed by atoms with Crippen molar-refractivity contribution in [3.63, 3.8) is 0 Å². The van der Waals surface area contributed by atoms with Crippen LogP contribution in [0.4, 0.5) is 0 Å². The molecule has 1 N–H and O–H groups in total. The van der Waals surface area contributed by atoms with Gasteiger partial charge in [-0.2, -0.15) is 0 Å². The van der Waals surface area contributed by atoms with Gasteiger partial charge in [0.05, 0.1) is 11.6 Å². The molecular formula is C14H20ClNO2. The van der Waals surface area contributed by atoms with Gasteiger partial charge < -0.3 is 5.11 Å². The Kier molecular flexibility index (Phi) is 6.33. The number of carbonyl (C=O) groups excluding carboxylic acids is 1. The number of rotatable bonds is 7.